The number of nitrogens with zero attached hydrogens (tertiary/aromatic N) is 4. The first-order valence-electron chi connectivity index (χ1n) is 10.7. The van der Waals surface area contributed by atoms with Gasteiger partial charge in [-0.1, -0.05) is 24.8 Å². The molecule has 3 amide bonds. The summed E-state index contributed by atoms with van der Waals surface area (Å²) in [7, 11) is 0. The third kappa shape index (κ3) is 4.25. The Morgan fingerprint density at radius 2 is 1.91 bits per heavy atom. The van der Waals surface area contributed by atoms with E-state index in [4.69, 9.17) is 11.6 Å². The van der Waals surface area contributed by atoms with Gasteiger partial charge in [-0.25, -0.2) is 14.6 Å². The Bertz CT molecular complexity index is 1260. The molecule has 1 unspecified atom stereocenters. The van der Waals surface area contributed by atoms with Crippen LogP contribution in [-0.2, 0) is 4.79 Å². The summed E-state index contributed by atoms with van der Waals surface area (Å²) in [4.78, 5) is 47.4. The summed E-state index contributed by atoms with van der Waals surface area (Å²) in [5, 5.41) is 2.74. The van der Waals surface area contributed by atoms with Gasteiger partial charge in [0.15, 0.2) is 11.5 Å². The highest BCUT2D eigenvalue weighted by molar-refractivity contribution is 6.04. The highest BCUT2D eigenvalue weighted by Crippen LogP contribution is 2.34. The van der Waals surface area contributed by atoms with Crippen molar-refractivity contribution in [1.82, 2.24) is 19.5 Å². The number of carbonyl (C=O) groups is 3. The van der Waals surface area contributed by atoms with Crippen LogP contribution >= 0.6 is 0 Å². The summed E-state index contributed by atoms with van der Waals surface area (Å²) in [5.41, 5.74) is 7.87. The Labute approximate surface area is 196 Å². The van der Waals surface area contributed by atoms with Gasteiger partial charge in [0.05, 0.1) is 6.04 Å². The van der Waals surface area contributed by atoms with Crippen molar-refractivity contribution >= 4 is 23.5 Å². The molecule has 0 spiro atoms. The van der Waals surface area contributed by atoms with E-state index in [0.29, 0.717) is 35.7 Å². The van der Waals surface area contributed by atoms with Gasteiger partial charge in [-0.2, -0.15) is 0 Å². The highest BCUT2D eigenvalue weighted by Gasteiger charge is 2.34. The number of nitrogen functional groups attached to an aromatic ring is 1. The van der Waals surface area contributed by atoms with E-state index in [2.05, 4.69) is 21.9 Å². The molecule has 3 aromatic rings. The summed E-state index contributed by atoms with van der Waals surface area (Å²) in [6.45, 7) is 6.00. The molecule has 34 heavy (non-hydrogen) atoms. The van der Waals surface area contributed by atoms with Gasteiger partial charge in [0.1, 0.15) is 11.5 Å². The first kappa shape index (κ1) is 22.7. The molecule has 5 N–H and O–H groups in total. The zero-order chi connectivity index (χ0) is 24.4. The van der Waals surface area contributed by atoms with Gasteiger partial charge in [-0.05, 0) is 49.6 Å². The lowest BCUT2D eigenvalue weighted by Gasteiger charge is -2.22. The predicted molar refractivity (Wildman–Crippen MR) is 127 cm³/mol. The number of aryl methyl sites for hydroxylation is 1. The van der Waals surface area contributed by atoms with Crippen molar-refractivity contribution in [1.29, 1.82) is 0 Å². The van der Waals surface area contributed by atoms with E-state index in [1.165, 1.54) is 6.08 Å². The Morgan fingerprint density at radius 3 is 2.53 bits per heavy atom. The Morgan fingerprint density at radius 1 is 1.18 bits per heavy atom. The largest absolute Gasteiger partial charge is 0.364 e. The number of aromatic nitrogens is 3. The molecule has 4 rings (SSSR count). The molecule has 174 valence electrons. The zero-order valence-corrected chi connectivity index (χ0v) is 18.7. The van der Waals surface area contributed by atoms with Crippen molar-refractivity contribution in [3.8, 4) is 11.3 Å². The summed E-state index contributed by atoms with van der Waals surface area (Å²) in [5.74, 6) is 5.72. The molecule has 1 saturated heterocycles. The first-order valence-corrected chi connectivity index (χ1v) is 10.7. The molecule has 10 heteroatoms. The number of amides is 3. The number of nitrogens with two attached hydrogens (primary N) is 2. The SMILES string of the molecule is C=CC(=O)N1CCCC1c1nc(-c2ccc(C(=O)Nc3ccc(C)cn3)cc2)c(C(N)=O)n1N. The third-order valence-electron chi connectivity index (χ3n) is 5.75. The first-order chi connectivity index (χ1) is 16.3. The van der Waals surface area contributed by atoms with E-state index in [-0.39, 0.29) is 23.2 Å². The fraction of sp³-hybridized carbons (Fsp3) is 0.208. The number of hydrogen-bond acceptors (Lipinski definition) is 6. The molecule has 0 aliphatic carbocycles. The van der Waals surface area contributed by atoms with Crippen LogP contribution in [0.25, 0.3) is 11.3 Å². The van der Waals surface area contributed by atoms with Gasteiger partial charge in [0.25, 0.3) is 11.8 Å². The van der Waals surface area contributed by atoms with Gasteiger partial charge < -0.3 is 21.8 Å². The molecule has 1 fully saturated rings. The fourth-order valence-corrected chi connectivity index (χ4v) is 4.05. The topological polar surface area (TPSA) is 149 Å². The normalized spacial score (nSPS) is 15.2. The average Bonchev–Trinajstić information content (AvgIpc) is 3.44. The summed E-state index contributed by atoms with van der Waals surface area (Å²) < 4.78 is 1.15. The van der Waals surface area contributed by atoms with Gasteiger partial charge in [-0.15, -0.1) is 0 Å². The van der Waals surface area contributed by atoms with Crippen LogP contribution < -0.4 is 16.9 Å². The number of hydrogen-bond donors (Lipinski definition) is 3. The number of nitrogens with one attached hydrogen (secondary N) is 1. The molecule has 0 bridgehead atoms. The molecule has 3 heterocycles. The molecular weight excluding hydrogens is 434 g/mol. The van der Waals surface area contributed by atoms with Crippen LogP contribution in [0.4, 0.5) is 5.82 Å². The molecule has 2 aromatic heterocycles. The minimum Gasteiger partial charge on any atom is -0.364 e. The van der Waals surface area contributed by atoms with Gasteiger partial charge in [0, 0.05) is 23.9 Å². The Hall–Kier alpha value is -4.47. The molecule has 0 saturated carbocycles. The number of rotatable bonds is 6. The van der Waals surface area contributed by atoms with Crippen LogP contribution in [0, 0.1) is 6.92 Å². The van der Waals surface area contributed by atoms with Crippen molar-refractivity contribution in [3.05, 3.63) is 77.9 Å². The number of anilines is 1. The van der Waals surface area contributed by atoms with Crippen LogP contribution in [0.1, 0.15) is 51.1 Å². The molecular formula is C24H25N7O3. The second-order valence-corrected chi connectivity index (χ2v) is 8.05. The fourth-order valence-electron chi connectivity index (χ4n) is 4.05. The van der Waals surface area contributed by atoms with Crippen molar-refractivity contribution in [2.45, 2.75) is 25.8 Å². The standard InChI is InChI=1S/C24H25N7O3/c1-3-19(32)30-12-4-5-17(30)23-29-20(21(22(25)33)31(23)26)15-7-9-16(10-8-15)24(34)28-18-11-6-14(2)13-27-18/h3,6-11,13,17H,1,4-5,12,26H2,2H3,(H2,25,33)(H,27,28,34). The van der Waals surface area contributed by atoms with Crippen LogP contribution in [0.15, 0.2) is 55.3 Å². The van der Waals surface area contributed by atoms with E-state index < -0.39 is 11.9 Å². The molecule has 1 aliphatic heterocycles. The van der Waals surface area contributed by atoms with Gasteiger partial charge in [-0.3, -0.25) is 14.4 Å². The molecule has 1 aromatic carbocycles. The molecule has 1 aliphatic rings. The van der Waals surface area contributed by atoms with E-state index in [1.54, 1.807) is 41.4 Å². The van der Waals surface area contributed by atoms with Gasteiger partial charge in [0.2, 0.25) is 5.91 Å². The van der Waals surface area contributed by atoms with Crippen LogP contribution in [0.2, 0.25) is 0 Å². The summed E-state index contributed by atoms with van der Waals surface area (Å²) in [6.07, 6.45) is 4.34. The smallest absolute Gasteiger partial charge is 0.269 e. The lowest BCUT2D eigenvalue weighted by Crippen LogP contribution is -2.32. The molecule has 10 nitrogen and oxygen atoms in total. The molecule has 1 atom stereocenters. The summed E-state index contributed by atoms with van der Waals surface area (Å²) in [6, 6.07) is 9.73. The lowest BCUT2D eigenvalue weighted by molar-refractivity contribution is -0.127. The van der Waals surface area contributed by atoms with Gasteiger partial charge >= 0.3 is 0 Å². The quantitative estimate of drug-likeness (QED) is 0.380. The van der Waals surface area contributed by atoms with Crippen molar-refractivity contribution < 1.29 is 14.4 Å². The van der Waals surface area contributed by atoms with Crippen molar-refractivity contribution in [2.24, 2.45) is 5.73 Å². The highest BCUT2D eigenvalue weighted by atomic mass is 16.2. The van der Waals surface area contributed by atoms with E-state index >= 15 is 0 Å². The van der Waals surface area contributed by atoms with Crippen LogP contribution in [0.5, 0.6) is 0 Å². The second-order valence-electron chi connectivity index (χ2n) is 8.05. The minimum absolute atomic E-state index is 0.0222. The van der Waals surface area contributed by atoms with Crippen LogP contribution in [-0.4, -0.2) is 43.8 Å². The maximum Gasteiger partial charge on any atom is 0.269 e. The van der Waals surface area contributed by atoms with E-state index in [0.717, 1.165) is 16.7 Å². The predicted octanol–water partition coefficient (Wildman–Crippen LogP) is 2.17. The number of likely N-dealkylation sites (tertiary alicyclic amines) is 1. The number of primary amides is 1. The second kappa shape index (κ2) is 9.18. The van der Waals surface area contributed by atoms with E-state index in [1.807, 2.05) is 13.0 Å². The Kier molecular flexibility index (Phi) is 6.13. The number of carbonyl (C=O) groups excluding carboxylic acids is 3. The maximum absolute atomic E-state index is 12.6. The Balaban J connectivity index is 1.63. The number of pyridine rings is 1. The molecule has 0 radical (unpaired) electrons. The average molecular weight is 460 g/mol. The number of imidazole rings is 1. The van der Waals surface area contributed by atoms with E-state index in [9.17, 15) is 14.4 Å². The zero-order valence-electron chi connectivity index (χ0n) is 18.7. The monoisotopic (exact) mass is 459 g/mol. The maximum atomic E-state index is 12.6. The summed E-state index contributed by atoms with van der Waals surface area (Å²) >= 11 is 0. The van der Waals surface area contributed by atoms with Crippen molar-refractivity contribution in [2.75, 3.05) is 17.7 Å². The lowest BCUT2D eigenvalue weighted by atomic mass is 10.1. The number of benzene rings is 1. The third-order valence-corrected chi connectivity index (χ3v) is 5.75. The van der Waals surface area contributed by atoms with Crippen molar-refractivity contribution in [3.63, 3.8) is 0 Å². The minimum atomic E-state index is -0.747. The van der Waals surface area contributed by atoms with Crippen LogP contribution in [0.3, 0.4) is 0 Å².